The molecule has 0 fully saturated rings. The lowest BCUT2D eigenvalue weighted by Gasteiger charge is -2.29. The fourth-order valence-corrected chi connectivity index (χ4v) is 28.5. The zero-order valence-corrected chi connectivity index (χ0v) is 84.1. The first kappa shape index (κ1) is 85.7. The third kappa shape index (κ3) is 12.9. The first-order valence-electron chi connectivity index (χ1n) is 51.1. The monoisotopic (exact) mass is 1900 g/mol. The summed E-state index contributed by atoms with van der Waals surface area (Å²) in [6, 6.07) is 173. The van der Waals surface area contributed by atoms with E-state index in [0.717, 1.165) is 62.6 Å². The van der Waals surface area contributed by atoms with Crippen LogP contribution in [0.5, 0.6) is 0 Å². The molecule has 0 bridgehead atoms. The van der Waals surface area contributed by atoms with Crippen molar-refractivity contribution in [3.8, 4) is 44.5 Å². The average molecular weight is 1900 g/mol. The second kappa shape index (κ2) is 32.3. The van der Waals surface area contributed by atoms with Gasteiger partial charge in [-0.3, -0.25) is 0 Å². The highest BCUT2D eigenvalue weighted by atomic mass is 32.1. The van der Waals surface area contributed by atoms with Crippen molar-refractivity contribution in [2.75, 3.05) is 19.6 Å². The summed E-state index contributed by atoms with van der Waals surface area (Å²) in [5.74, 6) is 0. The average Bonchev–Trinajstić information content (AvgIpc) is 1.52. The van der Waals surface area contributed by atoms with Gasteiger partial charge in [-0.05, 0) is 287 Å². The van der Waals surface area contributed by atoms with Gasteiger partial charge >= 0.3 is 0 Å². The molecule has 6 heteroatoms. The zero-order chi connectivity index (χ0) is 97.5. The summed E-state index contributed by atoms with van der Waals surface area (Å²) in [4.78, 5) is 9.94. The largest absolute Gasteiger partial charge is 0.310 e. The van der Waals surface area contributed by atoms with Crippen LogP contribution in [0.25, 0.3) is 171 Å². The molecule has 146 heavy (non-hydrogen) atoms. The molecule has 0 radical (unpaired) electrons. The molecule has 0 unspecified atom stereocenters. The van der Waals surface area contributed by atoms with E-state index >= 15 is 0 Å². The van der Waals surface area contributed by atoms with Gasteiger partial charge in [0.1, 0.15) is 0 Å². The van der Waals surface area contributed by atoms with Gasteiger partial charge < -0.3 is 19.6 Å². The maximum atomic E-state index is 2.50. The number of hydrogen-bond acceptors (Lipinski definition) is 6. The molecule has 0 saturated heterocycles. The van der Waals surface area contributed by atoms with Crippen LogP contribution in [-0.2, 0) is 21.7 Å². The number of nitrogens with zero attached hydrogens (tertiary/aromatic N) is 4. The van der Waals surface area contributed by atoms with Gasteiger partial charge in [-0.2, -0.15) is 0 Å². The summed E-state index contributed by atoms with van der Waals surface area (Å²) in [6.07, 6.45) is 0. The third-order valence-corrected chi connectivity index (χ3v) is 35.5. The topological polar surface area (TPSA) is 13.0 Å². The van der Waals surface area contributed by atoms with E-state index in [4.69, 9.17) is 0 Å². The predicted octanol–water partition coefficient (Wildman–Crippen LogP) is 40.4. The number of anilines is 12. The van der Waals surface area contributed by atoms with Crippen LogP contribution in [0.2, 0.25) is 0 Å². The lowest BCUT2D eigenvalue weighted by Crippen LogP contribution is -2.16. The van der Waals surface area contributed by atoms with Crippen molar-refractivity contribution >= 4 is 217 Å². The van der Waals surface area contributed by atoms with Crippen molar-refractivity contribution in [2.24, 2.45) is 0 Å². The Morgan fingerprint density at radius 3 is 0.767 bits per heavy atom. The van der Waals surface area contributed by atoms with Crippen LogP contribution in [0, 0.1) is 0 Å². The second-order valence-electron chi connectivity index (χ2n) is 42.5. The van der Waals surface area contributed by atoms with Gasteiger partial charge in [-0.25, -0.2) is 0 Å². The first-order valence-corrected chi connectivity index (χ1v) is 52.8. The van der Waals surface area contributed by atoms with E-state index in [-0.39, 0.29) is 21.7 Å². The van der Waals surface area contributed by atoms with Crippen LogP contribution in [0.15, 0.2) is 461 Å². The minimum Gasteiger partial charge on any atom is -0.310 e. The molecular weight excluding hydrogens is 1800 g/mol. The smallest absolute Gasteiger partial charge is 0.0540 e. The fourth-order valence-electron chi connectivity index (χ4n) is 25.9. The normalized spacial score (nSPS) is 14.0. The van der Waals surface area contributed by atoms with Crippen LogP contribution < -0.4 is 19.6 Å². The molecule has 2 heterocycles. The summed E-state index contributed by atoms with van der Waals surface area (Å²) in [7, 11) is 0. The molecule has 4 aliphatic rings. The van der Waals surface area contributed by atoms with E-state index in [0.29, 0.717) is 0 Å². The summed E-state index contributed by atoms with van der Waals surface area (Å²) in [5.41, 5.74) is 34.9. The Morgan fingerprint density at radius 2 is 0.397 bits per heavy atom. The fraction of sp³-hybridized carbons (Fsp3) is 0.0857. The third-order valence-electron chi connectivity index (χ3n) is 33.1. The highest BCUT2D eigenvalue weighted by Gasteiger charge is 2.42. The minimum absolute atomic E-state index is 0.120. The van der Waals surface area contributed by atoms with Crippen LogP contribution in [0.1, 0.15) is 99.9 Å². The number of hydrogen-bond donors (Lipinski definition) is 0. The summed E-state index contributed by atoms with van der Waals surface area (Å²) in [5, 5.41) is 25.2. The Morgan fingerprint density at radius 1 is 0.151 bits per heavy atom. The van der Waals surface area contributed by atoms with Crippen molar-refractivity contribution in [3.63, 3.8) is 0 Å². The molecule has 0 spiro atoms. The van der Waals surface area contributed by atoms with Crippen LogP contribution in [0.4, 0.5) is 68.2 Å². The Bertz CT molecular complexity index is 10100. The number of rotatable bonds is 12. The van der Waals surface area contributed by atoms with Crippen LogP contribution in [0.3, 0.4) is 0 Å². The Hall–Kier alpha value is -17.0. The molecule has 692 valence electrons. The van der Waals surface area contributed by atoms with Gasteiger partial charge in [-0.15, -0.1) is 22.7 Å². The lowest BCUT2D eigenvalue weighted by atomic mass is 9.82. The first-order chi connectivity index (χ1) is 71.4. The van der Waals surface area contributed by atoms with Crippen molar-refractivity contribution in [1.82, 2.24) is 0 Å². The number of thiophene rings is 2. The van der Waals surface area contributed by atoms with E-state index < -0.39 is 0 Å². The summed E-state index contributed by atoms with van der Waals surface area (Å²) < 4.78 is 5.17. The Kier molecular flexibility index (Phi) is 18.9. The van der Waals surface area contributed by atoms with Crippen molar-refractivity contribution in [3.05, 3.63) is 506 Å². The highest BCUT2D eigenvalue weighted by molar-refractivity contribution is 7.27. The van der Waals surface area contributed by atoms with Crippen molar-refractivity contribution < 1.29 is 0 Å². The van der Waals surface area contributed by atoms with Gasteiger partial charge in [0.25, 0.3) is 0 Å². The molecule has 0 atom stereocenters. The SMILES string of the molecule is CC1(C)c2ccccc2-c2ccc(N(c3ccc4c(c3)sc3c5ccc(N(c6ccc7c(c6)C(C)(C)c6ccccc6-7)c6cccc7ccccc67)cc5c5ccccc5c43)c3cccc4ccccc34)cc21.CC1(C)c2ccccc2-c2ccc(N(c3ccc4ccccc4c3)c3ccc4c(c3)sc3c5ccc(N(c6ccc7c(c6)C(C)(C)c6ccccc6-7)c6ccc7ccccc7c6)cc5c5ccccc5c43)cc21. The molecule has 0 amide bonds. The molecule has 4 aliphatic carbocycles. The van der Waals surface area contributed by atoms with Gasteiger partial charge in [-0.1, -0.05) is 383 Å². The minimum atomic E-state index is -0.130. The Balaban J connectivity index is 0.000000138. The van der Waals surface area contributed by atoms with Gasteiger partial charge in [0, 0.05) is 140 Å². The van der Waals surface area contributed by atoms with E-state index in [1.165, 1.54) is 221 Å². The van der Waals surface area contributed by atoms with E-state index in [1.54, 1.807) is 0 Å². The molecule has 0 aliphatic heterocycles. The maximum absolute atomic E-state index is 2.50. The molecule has 0 saturated carbocycles. The van der Waals surface area contributed by atoms with Crippen LogP contribution in [-0.4, -0.2) is 0 Å². The molecular formula is C140H100N4S2. The van der Waals surface area contributed by atoms with Gasteiger partial charge in [0.2, 0.25) is 0 Å². The standard InChI is InChI=1S/2C70H50N2S/c1-69(2)60-27-13-11-24-52(60)54-35-31-46(40-62(54)69)71(64-29-15-19-43-17-5-7-21-49(43)64)45-33-37-57-59(39-45)51-23-9-10-26-56(51)67-58-38-34-48(42-66(58)73-68(57)67)72(65-30-16-20-44-18-6-8-22-50(44)65)47-32-36-55-53-25-12-14-28-61(53)70(3,4)63(55)41-47;1-69(2)62-23-13-11-20-54(62)56-33-29-50(40-64(56)69)71(47-27-25-43-15-5-7-17-45(43)37-47)49-31-35-59-61(39-49)53-19-9-10-22-58(53)67-60-36-32-52(42-66(60)73-68(59)67)72(48-28-26-44-16-6-8-18-46(44)38-48)51-30-34-57-55-21-12-14-24-63(55)70(3,4)65(57)41-51/h2*5-42H,1-4H3. The lowest BCUT2D eigenvalue weighted by molar-refractivity contribution is 0.660. The molecule has 0 N–H and O–H groups in total. The van der Waals surface area contributed by atoms with Crippen LogP contribution >= 0.6 is 22.7 Å². The highest BCUT2D eigenvalue weighted by Crippen LogP contribution is 2.60. The molecule has 4 nitrogen and oxygen atoms in total. The molecule has 2 aromatic heterocycles. The quantitative estimate of drug-likeness (QED) is 0.113. The number of benzene rings is 24. The van der Waals surface area contributed by atoms with Gasteiger partial charge in [0.05, 0.1) is 11.4 Å². The van der Waals surface area contributed by atoms with Gasteiger partial charge in [0.15, 0.2) is 0 Å². The Labute approximate surface area is 857 Å². The maximum Gasteiger partial charge on any atom is 0.0540 e. The van der Waals surface area contributed by atoms with E-state index in [9.17, 15) is 0 Å². The van der Waals surface area contributed by atoms with Crippen molar-refractivity contribution in [2.45, 2.75) is 77.0 Å². The molecule has 24 aromatic carbocycles. The number of fused-ring (bicyclic) bond motifs is 32. The van der Waals surface area contributed by atoms with E-state index in [2.05, 4.69) is 536 Å². The second-order valence-corrected chi connectivity index (χ2v) is 44.6. The van der Waals surface area contributed by atoms with Crippen molar-refractivity contribution in [1.29, 1.82) is 0 Å². The summed E-state index contributed by atoms with van der Waals surface area (Å²) in [6.45, 7) is 19.0. The van der Waals surface area contributed by atoms with E-state index in [1.807, 2.05) is 22.7 Å². The molecule has 26 aromatic rings. The predicted molar refractivity (Wildman–Crippen MR) is 628 cm³/mol. The zero-order valence-electron chi connectivity index (χ0n) is 82.5. The molecule has 30 rings (SSSR count). The summed E-state index contributed by atoms with van der Waals surface area (Å²) >= 11 is 3.84.